The minimum Gasteiger partial charge on any atom is -0.494 e. The van der Waals surface area contributed by atoms with E-state index in [0.29, 0.717) is 25.3 Å². The van der Waals surface area contributed by atoms with Gasteiger partial charge in [0.2, 0.25) is 5.91 Å². The van der Waals surface area contributed by atoms with Crippen LogP contribution in [0.5, 0.6) is 5.75 Å². The maximum absolute atomic E-state index is 10.6. The molecule has 0 aliphatic rings. The standard InChI is InChI=1S/C11H14N2O4/c1-9(14)12-7-2-8-17-11-5-3-10(4-6-11)13(15)16/h3-6H,2,7-8H2,1H3,(H,12,14). The zero-order chi connectivity index (χ0) is 12.7. The molecule has 0 heterocycles. The summed E-state index contributed by atoms with van der Waals surface area (Å²) in [6.07, 6.45) is 0.691. The number of non-ortho nitro benzene ring substituents is 1. The smallest absolute Gasteiger partial charge is 0.269 e. The molecule has 0 aliphatic heterocycles. The van der Waals surface area contributed by atoms with E-state index in [4.69, 9.17) is 4.74 Å². The number of hydrogen-bond donors (Lipinski definition) is 1. The summed E-state index contributed by atoms with van der Waals surface area (Å²) >= 11 is 0. The molecule has 0 saturated heterocycles. The van der Waals surface area contributed by atoms with Crippen LogP contribution in [0.15, 0.2) is 24.3 Å². The van der Waals surface area contributed by atoms with Crippen molar-refractivity contribution in [1.29, 1.82) is 0 Å². The highest BCUT2D eigenvalue weighted by Gasteiger charge is 2.03. The van der Waals surface area contributed by atoms with Crippen molar-refractivity contribution in [3.63, 3.8) is 0 Å². The summed E-state index contributed by atoms with van der Waals surface area (Å²) in [6.45, 7) is 2.47. The number of benzene rings is 1. The first-order valence-corrected chi connectivity index (χ1v) is 5.21. The van der Waals surface area contributed by atoms with Gasteiger partial charge in [-0.2, -0.15) is 0 Å². The first-order valence-electron chi connectivity index (χ1n) is 5.21. The van der Waals surface area contributed by atoms with Crippen LogP contribution in [-0.4, -0.2) is 24.0 Å². The number of nitrogens with one attached hydrogen (secondary N) is 1. The van der Waals surface area contributed by atoms with Crippen LogP contribution in [0.1, 0.15) is 13.3 Å². The van der Waals surface area contributed by atoms with Gasteiger partial charge in [0.05, 0.1) is 11.5 Å². The molecule has 0 bridgehead atoms. The van der Waals surface area contributed by atoms with Crippen LogP contribution in [0.4, 0.5) is 5.69 Å². The van der Waals surface area contributed by atoms with E-state index in [0.717, 1.165) is 0 Å². The van der Waals surface area contributed by atoms with Crippen LogP contribution in [-0.2, 0) is 4.79 Å². The number of rotatable bonds is 6. The topological polar surface area (TPSA) is 81.5 Å². The van der Waals surface area contributed by atoms with E-state index < -0.39 is 4.92 Å². The number of hydrogen-bond acceptors (Lipinski definition) is 4. The third-order valence-electron chi connectivity index (χ3n) is 2.01. The van der Waals surface area contributed by atoms with Gasteiger partial charge in [0, 0.05) is 25.6 Å². The van der Waals surface area contributed by atoms with E-state index in [1.807, 2.05) is 0 Å². The van der Waals surface area contributed by atoms with Crippen molar-refractivity contribution in [1.82, 2.24) is 5.32 Å². The van der Waals surface area contributed by atoms with Crippen LogP contribution >= 0.6 is 0 Å². The van der Waals surface area contributed by atoms with Crippen molar-refractivity contribution < 1.29 is 14.5 Å². The fraction of sp³-hybridized carbons (Fsp3) is 0.364. The molecule has 6 nitrogen and oxygen atoms in total. The van der Waals surface area contributed by atoms with Crippen LogP contribution in [0.3, 0.4) is 0 Å². The first kappa shape index (κ1) is 13.0. The Bertz CT molecular complexity index is 389. The van der Waals surface area contributed by atoms with Crippen LogP contribution in [0, 0.1) is 10.1 Å². The number of nitro groups is 1. The van der Waals surface area contributed by atoms with Gasteiger partial charge in [0.15, 0.2) is 0 Å². The first-order chi connectivity index (χ1) is 8.09. The summed E-state index contributed by atoms with van der Waals surface area (Å²) in [5.41, 5.74) is 0.0376. The molecule has 92 valence electrons. The molecule has 0 aliphatic carbocycles. The third-order valence-corrected chi connectivity index (χ3v) is 2.01. The molecule has 6 heteroatoms. The quantitative estimate of drug-likeness (QED) is 0.462. The lowest BCUT2D eigenvalue weighted by Gasteiger charge is -2.05. The molecule has 0 aromatic heterocycles. The fourth-order valence-electron chi connectivity index (χ4n) is 1.19. The Balaban J connectivity index is 2.27. The lowest BCUT2D eigenvalue weighted by molar-refractivity contribution is -0.384. The van der Waals surface area contributed by atoms with Gasteiger partial charge in [-0.05, 0) is 18.6 Å². The molecule has 0 saturated carbocycles. The third kappa shape index (κ3) is 4.96. The van der Waals surface area contributed by atoms with Crippen LogP contribution in [0.25, 0.3) is 0 Å². The minimum atomic E-state index is -0.458. The van der Waals surface area contributed by atoms with Gasteiger partial charge in [-0.25, -0.2) is 0 Å². The SMILES string of the molecule is CC(=O)NCCCOc1ccc([N+](=O)[O-])cc1. The van der Waals surface area contributed by atoms with Gasteiger partial charge in [-0.1, -0.05) is 0 Å². The summed E-state index contributed by atoms with van der Waals surface area (Å²) in [4.78, 5) is 20.5. The van der Waals surface area contributed by atoms with Crippen molar-refractivity contribution in [2.24, 2.45) is 0 Å². The summed E-state index contributed by atoms with van der Waals surface area (Å²) in [5, 5.41) is 13.0. The summed E-state index contributed by atoms with van der Waals surface area (Å²) < 4.78 is 5.35. The second kappa shape index (κ2) is 6.47. The van der Waals surface area contributed by atoms with Crippen molar-refractivity contribution in [3.05, 3.63) is 34.4 Å². The second-order valence-electron chi connectivity index (χ2n) is 3.44. The average Bonchev–Trinajstić information content (AvgIpc) is 2.29. The van der Waals surface area contributed by atoms with E-state index in [1.165, 1.54) is 19.1 Å². The maximum Gasteiger partial charge on any atom is 0.269 e. The van der Waals surface area contributed by atoms with E-state index in [9.17, 15) is 14.9 Å². The highest BCUT2D eigenvalue weighted by atomic mass is 16.6. The van der Waals surface area contributed by atoms with Gasteiger partial charge in [-0.3, -0.25) is 14.9 Å². The minimum absolute atomic E-state index is 0.0376. The molecule has 0 spiro atoms. The number of nitro benzene ring substituents is 1. The second-order valence-corrected chi connectivity index (χ2v) is 3.44. The largest absolute Gasteiger partial charge is 0.494 e. The lowest BCUT2D eigenvalue weighted by Crippen LogP contribution is -2.22. The Kier molecular flexibility index (Phi) is 4.93. The maximum atomic E-state index is 10.6. The van der Waals surface area contributed by atoms with Crippen LogP contribution in [0.2, 0.25) is 0 Å². The molecule has 1 aromatic rings. The summed E-state index contributed by atoms with van der Waals surface area (Å²) in [7, 11) is 0. The van der Waals surface area contributed by atoms with Gasteiger partial charge < -0.3 is 10.1 Å². The molecular formula is C11H14N2O4. The predicted octanol–water partition coefficient (Wildman–Crippen LogP) is 1.50. The molecule has 17 heavy (non-hydrogen) atoms. The van der Waals surface area contributed by atoms with Gasteiger partial charge in [0.1, 0.15) is 5.75 Å². The van der Waals surface area contributed by atoms with E-state index in [-0.39, 0.29) is 11.6 Å². The lowest BCUT2D eigenvalue weighted by atomic mass is 10.3. The molecular weight excluding hydrogens is 224 g/mol. The van der Waals surface area contributed by atoms with Crippen LogP contribution < -0.4 is 10.1 Å². The molecule has 1 aromatic carbocycles. The Hall–Kier alpha value is -2.11. The molecule has 1 N–H and O–H groups in total. The fourth-order valence-corrected chi connectivity index (χ4v) is 1.19. The van der Waals surface area contributed by atoms with Gasteiger partial charge in [0.25, 0.3) is 5.69 Å². The molecule has 1 amide bonds. The Morgan fingerprint density at radius 3 is 2.59 bits per heavy atom. The van der Waals surface area contributed by atoms with E-state index in [1.54, 1.807) is 12.1 Å². The van der Waals surface area contributed by atoms with Crippen molar-refractivity contribution in [2.45, 2.75) is 13.3 Å². The zero-order valence-electron chi connectivity index (χ0n) is 9.51. The Morgan fingerprint density at radius 2 is 2.06 bits per heavy atom. The molecule has 0 fully saturated rings. The highest BCUT2D eigenvalue weighted by molar-refractivity contribution is 5.72. The van der Waals surface area contributed by atoms with E-state index in [2.05, 4.69) is 5.32 Å². The molecule has 0 unspecified atom stereocenters. The van der Waals surface area contributed by atoms with Gasteiger partial charge in [-0.15, -0.1) is 0 Å². The molecule has 1 rings (SSSR count). The number of ether oxygens (including phenoxy) is 1. The summed E-state index contributed by atoms with van der Waals surface area (Å²) in [6, 6.07) is 5.89. The predicted molar refractivity (Wildman–Crippen MR) is 61.9 cm³/mol. The summed E-state index contributed by atoms with van der Waals surface area (Å²) in [5.74, 6) is 0.513. The van der Waals surface area contributed by atoms with E-state index >= 15 is 0 Å². The van der Waals surface area contributed by atoms with Gasteiger partial charge >= 0.3 is 0 Å². The Labute approximate surface area is 98.7 Å². The number of nitrogens with zero attached hydrogens (tertiary/aromatic N) is 1. The normalized spacial score (nSPS) is 9.71. The monoisotopic (exact) mass is 238 g/mol. The number of carbonyl (C=O) groups is 1. The average molecular weight is 238 g/mol. The van der Waals surface area contributed by atoms with Crippen molar-refractivity contribution >= 4 is 11.6 Å². The number of carbonyl (C=O) groups excluding carboxylic acids is 1. The highest BCUT2D eigenvalue weighted by Crippen LogP contribution is 2.17. The van der Waals surface area contributed by atoms with Crippen molar-refractivity contribution in [3.8, 4) is 5.75 Å². The Morgan fingerprint density at radius 1 is 1.41 bits per heavy atom. The zero-order valence-corrected chi connectivity index (χ0v) is 9.51. The van der Waals surface area contributed by atoms with Crippen molar-refractivity contribution in [2.75, 3.05) is 13.2 Å². The molecule has 0 radical (unpaired) electrons. The molecule has 0 atom stereocenters. The number of amides is 1.